The molecule has 12 heavy (non-hydrogen) atoms. The van der Waals surface area contributed by atoms with Gasteiger partial charge in [-0.25, -0.2) is 0 Å². The zero-order valence-electron chi connectivity index (χ0n) is 7.33. The van der Waals surface area contributed by atoms with Crippen molar-refractivity contribution in [1.82, 2.24) is 0 Å². The monoisotopic (exact) mass is 160 g/mol. The summed E-state index contributed by atoms with van der Waals surface area (Å²) in [7, 11) is 0. The topological polar surface area (TPSA) is 20.2 Å². The minimum absolute atomic E-state index is 0.760. The second kappa shape index (κ2) is 3.00. The molecule has 1 heteroatoms. The average Bonchev–Trinajstić information content (AvgIpc) is 2.05. The Morgan fingerprint density at radius 1 is 1.33 bits per heavy atom. The lowest BCUT2D eigenvalue weighted by Gasteiger charge is -2.16. The zero-order valence-corrected chi connectivity index (χ0v) is 7.33. The van der Waals surface area contributed by atoms with Gasteiger partial charge in [-0.3, -0.25) is 0 Å². The highest BCUT2D eigenvalue weighted by atomic mass is 16.3. The normalized spacial score (nSPS) is 14.8. The summed E-state index contributed by atoms with van der Waals surface area (Å²) in [5.41, 5.74) is 0.774. The van der Waals surface area contributed by atoms with Gasteiger partial charge in [0.1, 0.15) is 5.60 Å². The van der Waals surface area contributed by atoms with Crippen molar-refractivity contribution >= 4 is 0 Å². The van der Waals surface area contributed by atoms with Crippen LogP contribution >= 0.6 is 0 Å². The Morgan fingerprint density at radius 3 is 2.25 bits per heavy atom. The summed E-state index contributed by atoms with van der Waals surface area (Å²) < 4.78 is 0. The molecule has 0 aromatic heterocycles. The molecular formula is C11H12O. The van der Waals surface area contributed by atoms with Crippen LogP contribution in [0.4, 0.5) is 0 Å². The Kier molecular flexibility index (Phi) is 2.21. The Bertz CT molecular complexity index is 301. The van der Waals surface area contributed by atoms with Gasteiger partial charge in [0.15, 0.2) is 0 Å². The van der Waals surface area contributed by atoms with Crippen molar-refractivity contribution in [2.45, 2.75) is 19.4 Å². The maximum absolute atomic E-state index is 9.65. The molecule has 1 aromatic rings. The molecule has 0 fully saturated rings. The minimum atomic E-state index is -1.15. The van der Waals surface area contributed by atoms with Crippen LogP contribution in [0.15, 0.2) is 24.3 Å². The van der Waals surface area contributed by atoms with Crippen molar-refractivity contribution in [1.29, 1.82) is 0 Å². The molecule has 1 rings (SSSR count). The van der Waals surface area contributed by atoms with Crippen LogP contribution in [-0.2, 0) is 5.60 Å². The molecule has 1 atom stereocenters. The first-order valence-corrected chi connectivity index (χ1v) is 3.83. The van der Waals surface area contributed by atoms with Crippen LogP contribution in [-0.4, -0.2) is 5.11 Å². The molecule has 1 aromatic carbocycles. The van der Waals surface area contributed by atoms with Crippen LogP contribution < -0.4 is 0 Å². The van der Waals surface area contributed by atoms with Crippen molar-refractivity contribution in [2.75, 3.05) is 0 Å². The lowest BCUT2D eigenvalue weighted by Crippen LogP contribution is -2.17. The number of hydrogen-bond donors (Lipinski definition) is 1. The molecule has 0 aliphatic heterocycles. The standard InChI is InChI=1S/C11H12O/c1-4-11(3,12)10-7-5-9(2)6-8-10/h1,5-8,12H,2-3H3. The van der Waals surface area contributed by atoms with Gasteiger partial charge in [-0.2, -0.15) is 0 Å². The van der Waals surface area contributed by atoms with Gasteiger partial charge in [0.2, 0.25) is 0 Å². The first-order valence-electron chi connectivity index (χ1n) is 3.83. The van der Waals surface area contributed by atoms with E-state index < -0.39 is 5.60 Å². The van der Waals surface area contributed by atoms with E-state index in [1.807, 2.05) is 31.2 Å². The summed E-state index contributed by atoms with van der Waals surface area (Å²) in [5, 5.41) is 9.65. The van der Waals surface area contributed by atoms with E-state index in [2.05, 4.69) is 5.92 Å². The van der Waals surface area contributed by atoms with Crippen LogP contribution in [0.1, 0.15) is 18.1 Å². The van der Waals surface area contributed by atoms with E-state index in [1.54, 1.807) is 6.92 Å². The van der Waals surface area contributed by atoms with Crippen molar-refractivity contribution in [2.24, 2.45) is 0 Å². The highest BCUT2D eigenvalue weighted by Crippen LogP contribution is 2.19. The molecule has 1 N–H and O–H groups in total. The maximum atomic E-state index is 9.65. The van der Waals surface area contributed by atoms with E-state index in [4.69, 9.17) is 6.42 Å². The number of benzene rings is 1. The molecule has 0 bridgehead atoms. The number of aliphatic hydroxyl groups is 1. The Labute approximate surface area is 73.0 Å². The quantitative estimate of drug-likeness (QED) is 0.621. The highest BCUT2D eigenvalue weighted by Gasteiger charge is 2.18. The summed E-state index contributed by atoms with van der Waals surface area (Å²) in [6.07, 6.45) is 5.18. The van der Waals surface area contributed by atoms with E-state index in [-0.39, 0.29) is 0 Å². The van der Waals surface area contributed by atoms with E-state index >= 15 is 0 Å². The molecule has 1 nitrogen and oxygen atoms in total. The Hall–Kier alpha value is -1.26. The molecule has 0 saturated carbocycles. The van der Waals surface area contributed by atoms with Gasteiger partial charge in [-0.15, -0.1) is 6.42 Å². The Morgan fingerprint density at radius 2 is 1.83 bits per heavy atom. The lowest BCUT2D eigenvalue weighted by atomic mass is 9.96. The molecule has 0 radical (unpaired) electrons. The highest BCUT2D eigenvalue weighted by molar-refractivity contribution is 5.31. The third-order valence-corrected chi connectivity index (χ3v) is 1.89. The fraction of sp³-hybridized carbons (Fsp3) is 0.273. The van der Waals surface area contributed by atoms with Gasteiger partial charge in [0.05, 0.1) is 0 Å². The fourth-order valence-corrected chi connectivity index (χ4v) is 0.961. The fourth-order valence-electron chi connectivity index (χ4n) is 0.961. The summed E-state index contributed by atoms with van der Waals surface area (Å²) in [4.78, 5) is 0. The molecule has 0 spiro atoms. The van der Waals surface area contributed by atoms with Gasteiger partial charge >= 0.3 is 0 Å². The molecule has 1 unspecified atom stereocenters. The van der Waals surface area contributed by atoms with Crippen LogP contribution in [0.25, 0.3) is 0 Å². The second-order valence-electron chi connectivity index (χ2n) is 3.08. The molecular weight excluding hydrogens is 148 g/mol. The van der Waals surface area contributed by atoms with E-state index in [1.165, 1.54) is 0 Å². The number of terminal acetylenes is 1. The van der Waals surface area contributed by atoms with Gasteiger partial charge in [0.25, 0.3) is 0 Å². The third-order valence-electron chi connectivity index (χ3n) is 1.89. The molecule has 0 amide bonds. The molecule has 0 aliphatic rings. The predicted octanol–water partition coefficient (Wildman–Crippen LogP) is 1.84. The van der Waals surface area contributed by atoms with Crippen molar-refractivity contribution < 1.29 is 5.11 Å². The largest absolute Gasteiger partial charge is 0.374 e. The second-order valence-corrected chi connectivity index (χ2v) is 3.08. The molecule has 0 aliphatic carbocycles. The van der Waals surface area contributed by atoms with E-state index in [9.17, 15) is 5.11 Å². The first-order chi connectivity index (χ1) is 5.56. The summed E-state index contributed by atoms with van der Waals surface area (Å²) in [6, 6.07) is 7.55. The smallest absolute Gasteiger partial charge is 0.147 e. The zero-order chi connectivity index (χ0) is 9.19. The minimum Gasteiger partial charge on any atom is -0.374 e. The summed E-state index contributed by atoms with van der Waals surface area (Å²) >= 11 is 0. The first kappa shape index (κ1) is 8.83. The SMILES string of the molecule is C#CC(C)(O)c1ccc(C)cc1. The summed E-state index contributed by atoms with van der Waals surface area (Å²) in [5.74, 6) is 2.33. The van der Waals surface area contributed by atoms with Crippen molar-refractivity contribution in [3.63, 3.8) is 0 Å². The van der Waals surface area contributed by atoms with E-state index in [0.717, 1.165) is 11.1 Å². The van der Waals surface area contributed by atoms with E-state index in [0.29, 0.717) is 0 Å². The molecule has 0 heterocycles. The van der Waals surface area contributed by atoms with Crippen LogP contribution in [0, 0.1) is 19.3 Å². The molecule has 62 valence electrons. The van der Waals surface area contributed by atoms with Gasteiger partial charge < -0.3 is 5.11 Å². The Balaban J connectivity index is 3.07. The van der Waals surface area contributed by atoms with Crippen LogP contribution in [0.2, 0.25) is 0 Å². The molecule has 0 saturated heterocycles. The van der Waals surface area contributed by atoms with Crippen LogP contribution in [0.3, 0.4) is 0 Å². The third kappa shape index (κ3) is 1.66. The summed E-state index contributed by atoms with van der Waals surface area (Å²) in [6.45, 7) is 3.60. The van der Waals surface area contributed by atoms with Crippen molar-refractivity contribution in [3.05, 3.63) is 35.4 Å². The predicted molar refractivity (Wildman–Crippen MR) is 49.6 cm³/mol. The number of rotatable bonds is 1. The van der Waals surface area contributed by atoms with Gasteiger partial charge in [-0.05, 0) is 19.4 Å². The maximum Gasteiger partial charge on any atom is 0.147 e. The number of aryl methyl sites for hydroxylation is 1. The van der Waals surface area contributed by atoms with Gasteiger partial charge in [0, 0.05) is 0 Å². The van der Waals surface area contributed by atoms with Crippen molar-refractivity contribution in [3.8, 4) is 12.3 Å². The average molecular weight is 160 g/mol. The van der Waals surface area contributed by atoms with Gasteiger partial charge in [-0.1, -0.05) is 35.7 Å². The lowest BCUT2D eigenvalue weighted by molar-refractivity contribution is 0.122. The number of hydrogen-bond acceptors (Lipinski definition) is 1. The van der Waals surface area contributed by atoms with Crippen LogP contribution in [0.5, 0.6) is 0 Å².